The Labute approximate surface area is 56.7 Å². The van der Waals surface area contributed by atoms with Gasteiger partial charge in [-0.25, -0.2) is 0 Å². The Morgan fingerprint density at radius 1 is 1.60 bits per heavy atom. The van der Waals surface area contributed by atoms with Crippen LogP contribution in [0.15, 0.2) is 16.7 Å². The number of nitrogens with one attached hydrogen (secondary N) is 2. The molecule has 0 saturated heterocycles. The van der Waals surface area contributed by atoms with Crippen molar-refractivity contribution in [3.63, 3.8) is 0 Å². The molecule has 0 aromatic carbocycles. The van der Waals surface area contributed by atoms with E-state index in [9.17, 15) is 0 Å². The highest BCUT2D eigenvalue weighted by atomic mass is 16.5. The number of hydrogen-bond donors (Lipinski definition) is 2. The summed E-state index contributed by atoms with van der Waals surface area (Å²) in [4.78, 5) is 0. The lowest BCUT2D eigenvalue weighted by molar-refractivity contribution is 0.407. The quantitative estimate of drug-likeness (QED) is 0.575. The van der Waals surface area contributed by atoms with Crippen molar-refractivity contribution in [2.24, 2.45) is 0 Å². The molecule has 0 aromatic heterocycles. The van der Waals surface area contributed by atoms with E-state index in [2.05, 4.69) is 10.4 Å². The lowest BCUT2D eigenvalue weighted by Gasteiger charge is -1.80. The molecule has 1 aliphatic carbocycles. The molecule has 0 unspecified atom stereocenters. The van der Waals surface area contributed by atoms with Crippen molar-refractivity contribution in [3.05, 3.63) is 17.7 Å². The molecule has 1 aliphatic heterocycles. The van der Waals surface area contributed by atoms with Crippen LogP contribution in [0.2, 0.25) is 0 Å². The third-order valence-corrected chi connectivity index (χ3v) is 1.39. The second-order valence-electron chi connectivity index (χ2n) is 1.95. The van der Waals surface area contributed by atoms with Crippen molar-refractivity contribution in [1.29, 1.82) is 5.41 Å². The standard InChI is InChI=1S/C6H5N3O/c7-3-4-1-2-5-6(4)8-9-10-5/h1-3,7,9H. The van der Waals surface area contributed by atoms with Crippen LogP contribution in [0.5, 0.6) is 0 Å². The van der Waals surface area contributed by atoms with E-state index in [1.165, 1.54) is 6.21 Å². The van der Waals surface area contributed by atoms with Gasteiger partial charge in [0.2, 0.25) is 0 Å². The number of nitrogens with zero attached hydrogens (tertiary/aromatic N) is 1. The second-order valence-corrected chi connectivity index (χ2v) is 1.95. The molecular weight excluding hydrogens is 130 g/mol. The largest absolute Gasteiger partial charge is 0.363 e. The fourth-order valence-electron chi connectivity index (χ4n) is 0.902. The summed E-state index contributed by atoms with van der Waals surface area (Å²) in [5.41, 5.74) is 1.50. The molecule has 10 heavy (non-hydrogen) atoms. The lowest BCUT2D eigenvalue weighted by atomic mass is 10.3. The molecule has 4 nitrogen and oxygen atoms in total. The summed E-state index contributed by atoms with van der Waals surface area (Å²) in [6, 6.07) is 3.57. The second kappa shape index (κ2) is 1.70. The van der Waals surface area contributed by atoms with Crippen LogP contribution in [0.25, 0.3) is 11.5 Å². The Bertz CT molecular complexity index is 322. The highest BCUT2D eigenvalue weighted by Gasteiger charge is 2.12. The Balaban J connectivity index is 2.71. The minimum atomic E-state index is 0.693. The summed E-state index contributed by atoms with van der Waals surface area (Å²) >= 11 is 0. The highest BCUT2D eigenvalue weighted by Crippen LogP contribution is 2.22. The Morgan fingerprint density at radius 3 is 3.30 bits per heavy atom. The molecule has 2 N–H and O–H groups in total. The van der Waals surface area contributed by atoms with E-state index in [1.54, 1.807) is 12.1 Å². The molecule has 1 heterocycles. The maximum atomic E-state index is 6.96. The number of H-pyrrole nitrogens is 1. The molecule has 0 atom stereocenters. The topological polar surface area (TPSA) is 65.7 Å². The molecule has 2 aliphatic rings. The molecule has 0 bridgehead atoms. The zero-order valence-electron chi connectivity index (χ0n) is 5.09. The molecule has 4 heteroatoms. The molecule has 2 rings (SSSR count). The summed E-state index contributed by atoms with van der Waals surface area (Å²) in [7, 11) is 0. The average Bonchev–Trinajstić information content (AvgIpc) is 2.44. The maximum absolute atomic E-state index is 6.96. The third kappa shape index (κ3) is 0.500. The first-order valence-electron chi connectivity index (χ1n) is 2.84. The van der Waals surface area contributed by atoms with E-state index in [-0.39, 0.29) is 0 Å². The Morgan fingerprint density at radius 2 is 2.50 bits per heavy atom. The van der Waals surface area contributed by atoms with Crippen LogP contribution in [-0.2, 0) is 0 Å². The van der Waals surface area contributed by atoms with Crippen LogP contribution >= 0.6 is 0 Å². The first-order chi connectivity index (χ1) is 4.92. The molecule has 50 valence electrons. The van der Waals surface area contributed by atoms with Gasteiger partial charge in [-0.2, -0.15) is 0 Å². The van der Waals surface area contributed by atoms with Gasteiger partial charge in [-0.05, 0) is 12.1 Å². The summed E-state index contributed by atoms with van der Waals surface area (Å²) in [5.74, 6) is 0.693. The van der Waals surface area contributed by atoms with Crippen molar-refractivity contribution >= 4 is 6.21 Å². The van der Waals surface area contributed by atoms with Crippen molar-refractivity contribution < 1.29 is 4.52 Å². The van der Waals surface area contributed by atoms with E-state index < -0.39 is 0 Å². The highest BCUT2D eigenvalue weighted by molar-refractivity contribution is 5.87. The van der Waals surface area contributed by atoms with Crippen molar-refractivity contribution in [3.8, 4) is 11.5 Å². The van der Waals surface area contributed by atoms with Gasteiger partial charge in [0.15, 0.2) is 5.76 Å². The number of aromatic nitrogens is 2. The van der Waals surface area contributed by atoms with Crippen LogP contribution in [0, 0.1) is 5.41 Å². The maximum Gasteiger partial charge on any atom is 0.185 e. The number of rotatable bonds is 1. The average molecular weight is 135 g/mol. The summed E-state index contributed by atoms with van der Waals surface area (Å²) in [6.07, 6.45) is 1.25. The fourth-order valence-corrected chi connectivity index (χ4v) is 0.902. The van der Waals surface area contributed by atoms with Gasteiger partial charge in [0.05, 0.1) is 0 Å². The fraction of sp³-hybridized carbons (Fsp3) is 0. The SMILES string of the molecule is N=Cc1ccc2o[nH]nc1-2. The van der Waals surface area contributed by atoms with E-state index in [1.807, 2.05) is 0 Å². The van der Waals surface area contributed by atoms with Gasteiger partial charge in [-0.1, -0.05) is 0 Å². The van der Waals surface area contributed by atoms with Crippen molar-refractivity contribution in [2.75, 3.05) is 0 Å². The molecule has 0 aromatic rings. The normalized spacial score (nSPS) is 10.4. The van der Waals surface area contributed by atoms with Gasteiger partial charge in [-0.15, -0.1) is 10.4 Å². The number of aromatic amines is 1. The van der Waals surface area contributed by atoms with Crippen LogP contribution < -0.4 is 0 Å². The summed E-state index contributed by atoms with van der Waals surface area (Å²) in [5, 5.41) is 13.1. The Kier molecular flexibility index (Phi) is 0.887. The molecule has 0 amide bonds. The van der Waals surface area contributed by atoms with E-state index in [0.717, 1.165) is 11.3 Å². The van der Waals surface area contributed by atoms with Gasteiger partial charge in [0, 0.05) is 11.8 Å². The lowest BCUT2D eigenvalue weighted by Crippen LogP contribution is -1.77. The molecule has 0 spiro atoms. The number of hydrogen-bond acceptors (Lipinski definition) is 3. The van der Waals surface area contributed by atoms with Gasteiger partial charge in [-0.3, -0.25) is 0 Å². The predicted octanol–water partition coefficient (Wildman–Crippen LogP) is 1.11. The zero-order chi connectivity index (χ0) is 6.97. The van der Waals surface area contributed by atoms with E-state index in [4.69, 9.17) is 9.93 Å². The van der Waals surface area contributed by atoms with Gasteiger partial charge in [0.1, 0.15) is 5.69 Å². The van der Waals surface area contributed by atoms with Crippen LogP contribution in [0.4, 0.5) is 0 Å². The van der Waals surface area contributed by atoms with Crippen LogP contribution in [0.3, 0.4) is 0 Å². The molecule has 0 radical (unpaired) electrons. The van der Waals surface area contributed by atoms with Crippen LogP contribution in [0.1, 0.15) is 5.56 Å². The minimum absolute atomic E-state index is 0.693. The Hall–Kier alpha value is -1.58. The monoisotopic (exact) mass is 135 g/mol. The smallest absolute Gasteiger partial charge is 0.185 e. The summed E-state index contributed by atoms with van der Waals surface area (Å²) in [6.45, 7) is 0. The first-order valence-corrected chi connectivity index (χ1v) is 2.84. The predicted molar refractivity (Wildman–Crippen MR) is 35.4 cm³/mol. The molecule has 0 saturated carbocycles. The van der Waals surface area contributed by atoms with Gasteiger partial charge < -0.3 is 9.93 Å². The van der Waals surface area contributed by atoms with Gasteiger partial charge in [0.25, 0.3) is 0 Å². The first kappa shape index (κ1) is 5.22. The molecular formula is C6H5N3O. The van der Waals surface area contributed by atoms with E-state index >= 15 is 0 Å². The van der Waals surface area contributed by atoms with Gasteiger partial charge >= 0.3 is 0 Å². The van der Waals surface area contributed by atoms with E-state index in [0.29, 0.717) is 5.76 Å². The van der Waals surface area contributed by atoms with Crippen molar-refractivity contribution in [2.45, 2.75) is 0 Å². The zero-order valence-corrected chi connectivity index (χ0v) is 5.09. The third-order valence-electron chi connectivity index (χ3n) is 1.39. The van der Waals surface area contributed by atoms with Crippen molar-refractivity contribution in [1.82, 2.24) is 10.4 Å². The molecule has 0 fully saturated rings. The summed E-state index contributed by atoms with van der Waals surface area (Å²) < 4.78 is 4.86. The van der Waals surface area contributed by atoms with Crippen LogP contribution in [-0.4, -0.2) is 16.6 Å². The number of fused-ring (bicyclic) bond motifs is 1. The minimum Gasteiger partial charge on any atom is -0.363 e.